The summed E-state index contributed by atoms with van der Waals surface area (Å²) in [5, 5.41) is 8.46. The lowest BCUT2D eigenvalue weighted by atomic mass is 10.1. The minimum atomic E-state index is 0.861. The van der Waals surface area contributed by atoms with Gasteiger partial charge in [-0.25, -0.2) is 4.68 Å². The molecular weight excluding hydrogens is 284 g/mol. The minimum Gasteiger partial charge on any atom is -0.256 e. The second-order valence-corrected chi connectivity index (χ2v) is 5.18. The van der Waals surface area contributed by atoms with E-state index in [9.17, 15) is 0 Å². The molecule has 0 amide bonds. The zero-order chi connectivity index (χ0) is 15.5. The number of aromatic nitrogens is 4. The Kier molecular flexibility index (Phi) is 3.41. The molecule has 2 heterocycles. The quantitative estimate of drug-likeness (QED) is 0.574. The van der Waals surface area contributed by atoms with E-state index < -0.39 is 0 Å². The molecule has 110 valence electrons. The average molecular weight is 298 g/mol. The molecule has 0 bridgehead atoms. The van der Waals surface area contributed by atoms with Crippen LogP contribution in [0.2, 0.25) is 0 Å². The highest BCUT2D eigenvalue weighted by Gasteiger charge is 2.05. The van der Waals surface area contributed by atoms with Gasteiger partial charge >= 0.3 is 0 Å². The van der Waals surface area contributed by atoms with Crippen LogP contribution in [0.3, 0.4) is 0 Å². The van der Waals surface area contributed by atoms with Gasteiger partial charge in [-0.2, -0.15) is 0 Å². The number of benzene rings is 2. The fraction of sp³-hybridized carbons (Fsp3) is 0. The molecule has 23 heavy (non-hydrogen) atoms. The van der Waals surface area contributed by atoms with E-state index in [1.165, 1.54) is 0 Å². The molecule has 4 aromatic rings. The van der Waals surface area contributed by atoms with Gasteiger partial charge in [-0.05, 0) is 24.3 Å². The molecule has 0 spiro atoms. The van der Waals surface area contributed by atoms with Gasteiger partial charge in [0.15, 0.2) is 0 Å². The minimum absolute atomic E-state index is 0.861. The predicted octanol–water partition coefficient (Wildman–Crippen LogP) is 4.00. The molecular formula is C19H14N4. The number of hydrogen-bond donors (Lipinski definition) is 0. The SMILES string of the molecule is c1ccc(-c2cn(-c3ccc(-c4ccccn4)cc3)nn2)cc1. The third-order valence-corrected chi connectivity index (χ3v) is 3.66. The molecule has 0 unspecified atom stereocenters. The first kappa shape index (κ1) is 13.4. The summed E-state index contributed by atoms with van der Waals surface area (Å²) in [6, 6.07) is 24.1. The molecule has 0 aliphatic rings. The van der Waals surface area contributed by atoms with Crippen molar-refractivity contribution in [2.24, 2.45) is 0 Å². The highest BCUT2D eigenvalue weighted by molar-refractivity contribution is 5.61. The summed E-state index contributed by atoms with van der Waals surface area (Å²) in [5.74, 6) is 0. The number of nitrogens with zero attached hydrogens (tertiary/aromatic N) is 4. The maximum atomic E-state index is 4.36. The monoisotopic (exact) mass is 298 g/mol. The molecule has 0 aliphatic heterocycles. The maximum absolute atomic E-state index is 4.36. The van der Waals surface area contributed by atoms with E-state index in [4.69, 9.17) is 0 Å². The zero-order valence-corrected chi connectivity index (χ0v) is 12.4. The van der Waals surface area contributed by atoms with Gasteiger partial charge in [0.2, 0.25) is 0 Å². The van der Waals surface area contributed by atoms with E-state index in [0.29, 0.717) is 0 Å². The van der Waals surface area contributed by atoms with Crippen LogP contribution in [0.15, 0.2) is 85.2 Å². The van der Waals surface area contributed by atoms with Crippen LogP contribution in [-0.4, -0.2) is 20.0 Å². The van der Waals surface area contributed by atoms with Crippen molar-refractivity contribution >= 4 is 0 Å². The van der Waals surface area contributed by atoms with E-state index in [1.54, 1.807) is 10.9 Å². The van der Waals surface area contributed by atoms with Gasteiger partial charge in [-0.15, -0.1) is 5.10 Å². The smallest absolute Gasteiger partial charge is 0.113 e. The Morgan fingerprint density at radius 2 is 1.39 bits per heavy atom. The fourth-order valence-electron chi connectivity index (χ4n) is 2.45. The molecule has 4 nitrogen and oxygen atoms in total. The standard InChI is InChI=1S/C19H14N4/c1-2-6-15(7-3-1)19-14-23(22-21-19)17-11-9-16(10-12-17)18-8-4-5-13-20-18/h1-14H. The molecule has 4 rings (SSSR count). The Hall–Kier alpha value is -3.27. The Balaban J connectivity index is 1.63. The molecule has 0 fully saturated rings. The lowest BCUT2D eigenvalue weighted by Gasteiger charge is -2.03. The predicted molar refractivity (Wildman–Crippen MR) is 90.0 cm³/mol. The second kappa shape index (κ2) is 5.85. The van der Waals surface area contributed by atoms with Crippen molar-refractivity contribution in [2.45, 2.75) is 0 Å². The van der Waals surface area contributed by atoms with E-state index in [0.717, 1.165) is 28.2 Å². The first-order valence-electron chi connectivity index (χ1n) is 7.40. The van der Waals surface area contributed by atoms with E-state index in [1.807, 2.05) is 79.0 Å². The van der Waals surface area contributed by atoms with Gasteiger partial charge in [0, 0.05) is 17.3 Å². The van der Waals surface area contributed by atoms with Crippen LogP contribution in [0.1, 0.15) is 0 Å². The number of pyridine rings is 1. The molecule has 0 atom stereocenters. The molecule has 0 saturated heterocycles. The third-order valence-electron chi connectivity index (χ3n) is 3.66. The lowest BCUT2D eigenvalue weighted by Crippen LogP contribution is -1.94. The van der Waals surface area contributed by atoms with Crippen molar-refractivity contribution < 1.29 is 0 Å². The summed E-state index contributed by atoms with van der Waals surface area (Å²) in [6.07, 6.45) is 3.73. The second-order valence-electron chi connectivity index (χ2n) is 5.18. The van der Waals surface area contributed by atoms with Crippen molar-refractivity contribution in [3.05, 3.63) is 85.2 Å². The lowest BCUT2D eigenvalue weighted by molar-refractivity contribution is 0.804. The molecule has 2 aromatic carbocycles. The molecule has 0 radical (unpaired) electrons. The molecule has 0 N–H and O–H groups in total. The van der Waals surface area contributed by atoms with Crippen LogP contribution in [0, 0.1) is 0 Å². The Labute approximate surface area is 134 Å². The summed E-state index contributed by atoms with van der Waals surface area (Å²) in [4.78, 5) is 4.36. The molecule has 0 aliphatic carbocycles. The van der Waals surface area contributed by atoms with Gasteiger partial charge in [-0.1, -0.05) is 53.7 Å². The van der Waals surface area contributed by atoms with Crippen LogP contribution in [0.5, 0.6) is 0 Å². The Morgan fingerprint density at radius 1 is 0.652 bits per heavy atom. The van der Waals surface area contributed by atoms with Crippen molar-refractivity contribution in [3.63, 3.8) is 0 Å². The maximum Gasteiger partial charge on any atom is 0.113 e. The first-order chi connectivity index (χ1) is 11.4. The Bertz CT molecular complexity index is 897. The van der Waals surface area contributed by atoms with Crippen LogP contribution >= 0.6 is 0 Å². The van der Waals surface area contributed by atoms with Crippen LogP contribution in [-0.2, 0) is 0 Å². The highest BCUT2D eigenvalue weighted by atomic mass is 15.4. The summed E-state index contributed by atoms with van der Waals surface area (Å²) in [5.41, 5.74) is 4.93. The van der Waals surface area contributed by atoms with Crippen molar-refractivity contribution in [3.8, 4) is 28.2 Å². The molecule has 0 saturated carbocycles. The fourth-order valence-corrected chi connectivity index (χ4v) is 2.45. The van der Waals surface area contributed by atoms with E-state index >= 15 is 0 Å². The number of rotatable bonds is 3. The van der Waals surface area contributed by atoms with Crippen LogP contribution < -0.4 is 0 Å². The summed E-state index contributed by atoms with van der Waals surface area (Å²) < 4.78 is 1.78. The van der Waals surface area contributed by atoms with Crippen LogP contribution in [0.4, 0.5) is 0 Å². The molecule has 4 heteroatoms. The Morgan fingerprint density at radius 3 is 2.13 bits per heavy atom. The topological polar surface area (TPSA) is 43.6 Å². The molecule has 2 aromatic heterocycles. The first-order valence-corrected chi connectivity index (χ1v) is 7.40. The summed E-state index contributed by atoms with van der Waals surface area (Å²) in [7, 11) is 0. The van der Waals surface area contributed by atoms with Gasteiger partial charge in [0.1, 0.15) is 5.69 Å². The van der Waals surface area contributed by atoms with Gasteiger partial charge in [-0.3, -0.25) is 4.98 Å². The van der Waals surface area contributed by atoms with Crippen LogP contribution in [0.25, 0.3) is 28.2 Å². The van der Waals surface area contributed by atoms with Crippen molar-refractivity contribution in [2.75, 3.05) is 0 Å². The van der Waals surface area contributed by atoms with Gasteiger partial charge < -0.3 is 0 Å². The third kappa shape index (κ3) is 2.74. The van der Waals surface area contributed by atoms with Gasteiger partial charge in [0.25, 0.3) is 0 Å². The normalized spacial score (nSPS) is 10.6. The summed E-state index contributed by atoms with van der Waals surface area (Å²) >= 11 is 0. The zero-order valence-electron chi connectivity index (χ0n) is 12.4. The van der Waals surface area contributed by atoms with Crippen molar-refractivity contribution in [1.82, 2.24) is 20.0 Å². The van der Waals surface area contributed by atoms with E-state index in [-0.39, 0.29) is 0 Å². The van der Waals surface area contributed by atoms with E-state index in [2.05, 4.69) is 15.3 Å². The average Bonchev–Trinajstić information content (AvgIpc) is 3.14. The largest absolute Gasteiger partial charge is 0.256 e. The summed E-state index contributed by atoms with van der Waals surface area (Å²) in [6.45, 7) is 0. The highest BCUT2D eigenvalue weighted by Crippen LogP contribution is 2.20. The van der Waals surface area contributed by atoms with Gasteiger partial charge in [0.05, 0.1) is 17.6 Å². The van der Waals surface area contributed by atoms with Crippen molar-refractivity contribution in [1.29, 1.82) is 0 Å². The number of hydrogen-bond acceptors (Lipinski definition) is 3.